The fourth-order valence-electron chi connectivity index (χ4n) is 2.25. The predicted molar refractivity (Wildman–Crippen MR) is 94.1 cm³/mol. The van der Waals surface area contributed by atoms with E-state index in [4.69, 9.17) is 4.18 Å². The average Bonchev–Trinajstić information content (AvgIpc) is 3.24. The molecule has 0 atom stereocenters. The third-order valence-electron chi connectivity index (χ3n) is 3.38. The summed E-state index contributed by atoms with van der Waals surface area (Å²) in [6, 6.07) is 6.71. The van der Waals surface area contributed by atoms with Gasteiger partial charge in [-0.05, 0) is 22.4 Å². The molecule has 0 saturated heterocycles. The molecule has 0 aliphatic heterocycles. The highest BCUT2D eigenvalue weighted by Gasteiger charge is 2.33. The van der Waals surface area contributed by atoms with Gasteiger partial charge in [0.25, 0.3) is 5.69 Å². The number of aromatic nitrogens is 2. The summed E-state index contributed by atoms with van der Waals surface area (Å²) < 4.78 is 31.2. The van der Waals surface area contributed by atoms with Crippen LogP contribution in [0.3, 0.4) is 0 Å². The van der Waals surface area contributed by atoms with Gasteiger partial charge in [0.15, 0.2) is 5.75 Å². The van der Waals surface area contributed by atoms with Gasteiger partial charge >= 0.3 is 15.9 Å². The van der Waals surface area contributed by atoms with E-state index in [9.17, 15) is 28.6 Å². The maximum absolute atomic E-state index is 12.6. The Morgan fingerprint density at radius 2 is 1.93 bits per heavy atom. The van der Waals surface area contributed by atoms with Gasteiger partial charge in [-0.25, -0.2) is 0 Å². The van der Waals surface area contributed by atoms with Crippen molar-refractivity contribution in [2.24, 2.45) is 7.05 Å². The number of nitro benzene ring substituents is 1. The maximum Gasteiger partial charge on any atom is 0.412 e. The molecule has 0 N–H and O–H groups in total. The monoisotopic (exact) mass is 410 g/mol. The summed E-state index contributed by atoms with van der Waals surface area (Å²) in [4.78, 5) is 20.3. The largest absolute Gasteiger partial charge is 0.412 e. The topological polar surface area (TPSA) is 147 Å². The van der Waals surface area contributed by atoms with E-state index in [-0.39, 0.29) is 17.0 Å². The number of benzene rings is 1. The molecule has 2 aromatic heterocycles. The summed E-state index contributed by atoms with van der Waals surface area (Å²) in [6.07, 6.45) is 0.948. The molecule has 11 nitrogen and oxygen atoms in total. The number of nitro groups is 2. The van der Waals surface area contributed by atoms with Crippen LogP contribution >= 0.6 is 11.3 Å². The van der Waals surface area contributed by atoms with E-state index in [1.54, 1.807) is 17.5 Å². The van der Waals surface area contributed by atoms with E-state index in [1.165, 1.54) is 24.5 Å². The Morgan fingerprint density at radius 3 is 2.52 bits per heavy atom. The van der Waals surface area contributed by atoms with Crippen LogP contribution in [-0.4, -0.2) is 28.0 Å². The van der Waals surface area contributed by atoms with E-state index in [0.717, 1.165) is 23.0 Å². The summed E-state index contributed by atoms with van der Waals surface area (Å²) in [5, 5.41) is 27.3. The first kappa shape index (κ1) is 18.5. The Morgan fingerprint density at radius 1 is 1.19 bits per heavy atom. The van der Waals surface area contributed by atoms with Gasteiger partial charge in [-0.3, -0.25) is 10.1 Å². The van der Waals surface area contributed by atoms with E-state index in [1.807, 2.05) is 0 Å². The van der Waals surface area contributed by atoms with Crippen LogP contribution in [0.1, 0.15) is 0 Å². The highest BCUT2D eigenvalue weighted by atomic mass is 32.2. The highest BCUT2D eigenvalue weighted by Crippen LogP contribution is 2.38. The Balaban J connectivity index is 2.10. The molecule has 140 valence electrons. The minimum Gasteiger partial charge on any atom is -0.378 e. The van der Waals surface area contributed by atoms with Crippen LogP contribution in [0.25, 0.3) is 10.4 Å². The minimum absolute atomic E-state index is 0.175. The lowest BCUT2D eigenvalue weighted by molar-refractivity contribution is -0.392. The molecular formula is C14H10N4O7S2. The molecule has 0 aliphatic carbocycles. The summed E-state index contributed by atoms with van der Waals surface area (Å²) in [7, 11) is -3.28. The van der Waals surface area contributed by atoms with Crippen LogP contribution in [0.2, 0.25) is 0 Å². The quantitative estimate of drug-likeness (QED) is 0.342. The van der Waals surface area contributed by atoms with Gasteiger partial charge in [0.2, 0.25) is 4.90 Å². The lowest BCUT2D eigenvalue weighted by atomic mass is 10.1. The molecule has 0 amide bonds. The van der Waals surface area contributed by atoms with Gasteiger partial charge in [0, 0.05) is 22.6 Å². The van der Waals surface area contributed by atoms with Crippen molar-refractivity contribution in [3.05, 3.63) is 62.1 Å². The van der Waals surface area contributed by atoms with E-state index >= 15 is 0 Å². The first-order valence-electron chi connectivity index (χ1n) is 7.14. The molecule has 13 heteroatoms. The van der Waals surface area contributed by atoms with Crippen LogP contribution in [0.15, 0.2) is 46.8 Å². The summed E-state index contributed by atoms with van der Waals surface area (Å²) in [5.41, 5.74) is -0.0789. The number of hydrogen-bond acceptors (Lipinski definition) is 9. The fourth-order valence-corrected chi connectivity index (χ4v) is 4.09. The zero-order valence-corrected chi connectivity index (χ0v) is 15.1. The molecule has 0 bridgehead atoms. The molecule has 0 aliphatic rings. The molecule has 1 aromatic carbocycles. The summed E-state index contributed by atoms with van der Waals surface area (Å²) in [5.74, 6) is -1.07. The number of rotatable bonds is 6. The molecule has 0 spiro atoms. The third-order valence-corrected chi connectivity index (χ3v) is 5.51. The van der Waals surface area contributed by atoms with Crippen molar-refractivity contribution < 1.29 is 22.4 Å². The second-order valence-electron chi connectivity index (χ2n) is 5.20. The van der Waals surface area contributed by atoms with E-state index < -0.39 is 30.7 Å². The predicted octanol–water partition coefficient (Wildman–Crippen LogP) is 2.73. The lowest BCUT2D eigenvalue weighted by Gasteiger charge is -2.09. The molecule has 0 radical (unpaired) electrons. The van der Waals surface area contributed by atoms with Crippen LogP contribution in [0.4, 0.5) is 11.5 Å². The number of hydrogen-bond donors (Lipinski definition) is 0. The second-order valence-corrected chi connectivity index (χ2v) is 7.66. The molecule has 0 fully saturated rings. The molecule has 3 aromatic rings. The van der Waals surface area contributed by atoms with Crippen molar-refractivity contribution in [1.29, 1.82) is 0 Å². The molecule has 3 rings (SSSR count). The van der Waals surface area contributed by atoms with Crippen LogP contribution < -0.4 is 4.18 Å². The van der Waals surface area contributed by atoms with Gasteiger partial charge in [0.1, 0.15) is 0 Å². The van der Waals surface area contributed by atoms with Gasteiger partial charge in [-0.1, -0.05) is 6.07 Å². The van der Waals surface area contributed by atoms with Crippen molar-refractivity contribution in [2.75, 3.05) is 0 Å². The summed E-state index contributed by atoms with van der Waals surface area (Å²) in [6.45, 7) is 0. The smallest absolute Gasteiger partial charge is 0.378 e. The van der Waals surface area contributed by atoms with Crippen molar-refractivity contribution in [3.63, 3.8) is 0 Å². The standard InChI is InChI=1S/C14H10N4O7S2/c1-16-8-13(14(15-16)18(21)22)27(23,24)25-11-5-4-9(17(19)20)7-10(11)12-3-2-6-26-12/h2-8H,1H3. The normalized spacial score (nSPS) is 11.3. The zero-order chi connectivity index (χ0) is 19.8. The Bertz CT molecular complexity index is 1140. The van der Waals surface area contributed by atoms with Crippen molar-refractivity contribution >= 4 is 33.0 Å². The molecule has 0 unspecified atom stereocenters. The average molecular weight is 410 g/mol. The molecule has 27 heavy (non-hydrogen) atoms. The van der Waals surface area contributed by atoms with E-state index in [0.29, 0.717) is 4.88 Å². The van der Waals surface area contributed by atoms with Crippen LogP contribution in [0, 0.1) is 20.2 Å². The van der Waals surface area contributed by atoms with Gasteiger partial charge in [-0.2, -0.15) is 13.1 Å². The third kappa shape index (κ3) is 3.63. The Labute approximate surface area is 155 Å². The van der Waals surface area contributed by atoms with Gasteiger partial charge < -0.3 is 14.3 Å². The fraction of sp³-hybridized carbons (Fsp3) is 0.0714. The zero-order valence-electron chi connectivity index (χ0n) is 13.5. The SMILES string of the molecule is Cn1cc(S(=O)(=O)Oc2ccc([N+](=O)[O-])cc2-c2cccs2)c([N+](=O)[O-])n1. The van der Waals surface area contributed by atoms with Crippen LogP contribution in [-0.2, 0) is 17.2 Å². The minimum atomic E-state index is -4.61. The number of thiophene rings is 1. The Kier molecular flexibility index (Phi) is 4.63. The first-order valence-corrected chi connectivity index (χ1v) is 9.42. The molecule has 0 saturated carbocycles. The highest BCUT2D eigenvalue weighted by molar-refractivity contribution is 7.87. The van der Waals surface area contributed by atoms with Crippen molar-refractivity contribution in [2.45, 2.75) is 4.90 Å². The van der Waals surface area contributed by atoms with Gasteiger partial charge in [0.05, 0.1) is 23.3 Å². The number of aryl methyl sites for hydroxylation is 1. The number of nitrogens with zero attached hydrogens (tertiary/aromatic N) is 4. The second kappa shape index (κ2) is 6.77. The summed E-state index contributed by atoms with van der Waals surface area (Å²) >= 11 is 1.22. The Hall–Kier alpha value is -3.32. The van der Waals surface area contributed by atoms with Crippen molar-refractivity contribution in [3.8, 4) is 16.2 Å². The first-order chi connectivity index (χ1) is 12.7. The lowest BCUT2D eigenvalue weighted by Crippen LogP contribution is -2.11. The number of non-ortho nitro benzene ring substituents is 1. The molecule has 2 heterocycles. The molecular weight excluding hydrogens is 400 g/mol. The van der Waals surface area contributed by atoms with Crippen LogP contribution in [0.5, 0.6) is 5.75 Å². The van der Waals surface area contributed by atoms with Crippen molar-refractivity contribution in [1.82, 2.24) is 9.78 Å². The maximum atomic E-state index is 12.6. The van der Waals surface area contributed by atoms with E-state index in [2.05, 4.69) is 5.10 Å². The van der Waals surface area contributed by atoms with Gasteiger partial charge in [-0.15, -0.1) is 11.3 Å².